The van der Waals surface area contributed by atoms with Crippen molar-refractivity contribution in [3.63, 3.8) is 0 Å². The van der Waals surface area contributed by atoms with Crippen LogP contribution < -0.4 is 11.1 Å². The Kier molecular flexibility index (Phi) is 4.06. The third-order valence-electron chi connectivity index (χ3n) is 2.47. The molecule has 15 heavy (non-hydrogen) atoms. The van der Waals surface area contributed by atoms with Gasteiger partial charge in [0.15, 0.2) is 0 Å². The fourth-order valence-corrected chi connectivity index (χ4v) is 2.49. The number of carbonyl (C=O) groups is 1. The highest BCUT2D eigenvalue weighted by Gasteiger charge is 2.25. The SMILES string of the molecule is CS(=O)(=O)N1CCC(NC(=O)CN)CC1. The third kappa shape index (κ3) is 3.77. The monoisotopic (exact) mass is 235 g/mol. The Morgan fingerprint density at radius 2 is 2.00 bits per heavy atom. The van der Waals surface area contributed by atoms with Gasteiger partial charge in [-0.05, 0) is 12.8 Å². The highest BCUT2D eigenvalue weighted by Crippen LogP contribution is 2.12. The standard InChI is InChI=1S/C8H17N3O3S/c1-15(13,14)11-4-2-7(3-5-11)10-8(12)6-9/h7H,2-6,9H2,1H3,(H,10,12). The summed E-state index contributed by atoms with van der Waals surface area (Å²) >= 11 is 0. The van der Waals surface area contributed by atoms with Crippen LogP contribution in [-0.4, -0.2) is 50.6 Å². The number of hydrogen-bond acceptors (Lipinski definition) is 4. The van der Waals surface area contributed by atoms with Crippen LogP contribution in [0.4, 0.5) is 0 Å². The number of carbonyl (C=O) groups excluding carboxylic acids is 1. The number of piperidine rings is 1. The maximum absolute atomic E-state index is 11.2. The molecule has 1 heterocycles. The van der Waals surface area contributed by atoms with Crippen LogP contribution in [0.15, 0.2) is 0 Å². The lowest BCUT2D eigenvalue weighted by atomic mass is 10.1. The Hall–Kier alpha value is -0.660. The molecule has 1 rings (SSSR count). The third-order valence-corrected chi connectivity index (χ3v) is 3.78. The maximum Gasteiger partial charge on any atom is 0.233 e. The summed E-state index contributed by atoms with van der Waals surface area (Å²) in [6.07, 6.45) is 2.50. The van der Waals surface area contributed by atoms with E-state index < -0.39 is 10.0 Å². The first kappa shape index (κ1) is 12.4. The van der Waals surface area contributed by atoms with Gasteiger partial charge in [-0.2, -0.15) is 0 Å². The van der Waals surface area contributed by atoms with E-state index in [1.165, 1.54) is 10.6 Å². The molecule has 1 amide bonds. The Labute approximate surface area is 89.9 Å². The molecule has 0 bridgehead atoms. The molecule has 0 aromatic heterocycles. The number of sulfonamides is 1. The van der Waals surface area contributed by atoms with Crippen LogP contribution in [0, 0.1) is 0 Å². The summed E-state index contributed by atoms with van der Waals surface area (Å²) < 4.78 is 23.8. The normalized spacial score (nSPS) is 20.1. The van der Waals surface area contributed by atoms with Gasteiger partial charge in [-0.25, -0.2) is 12.7 Å². The Morgan fingerprint density at radius 3 is 2.40 bits per heavy atom. The highest BCUT2D eigenvalue weighted by molar-refractivity contribution is 7.88. The molecule has 0 aromatic rings. The van der Waals surface area contributed by atoms with Gasteiger partial charge >= 0.3 is 0 Å². The number of nitrogens with one attached hydrogen (secondary N) is 1. The molecule has 0 aromatic carbocycles. The first-order chi connectivity index (χ1) is 6.93. The topological polar surface area (TPSA) is 92.5 Å². The van der Waals surface area contributed by atoms with E-state index in [2.05, 4.69) is 5.32 Å². The van der Waals surface area contributed by atoms with Gasteiger partial charge in [0, 0.05) is 19.1 Å². The van der Waals surface area contributed by atoms with Crippen molar-refractivity contribution in [3.05, 3.63) is 0 Å². The summed E-state index contributed by atoms with van der Waals surface area (Å²) in [5.74, 6) is -0.187. The average Bonchev–Trinajstić information content (AvgIpc) is 2.17. The van der Waals surface area contributed by atoms with Crippen molar-refractivity contribution < 1.29 is 13.2 Å². The van der Waals surface area contributed by atoms with Gasteiger partial charge in [0.25, 0.3) is 0 Å². The average molecular weight is 235 g/mol. The maximum atomic E-state index is 11.2. The van der Waals surface area contributed by atoms with Crippen molar-refractivity contribution in [3.8, 4) is 0 Å². The summed E-state index contributed by atoms with van der Waals surface area (Å²) in [5.41, 5.74) is 5.17. The van der Waals surface area contributed by atoms with Gasteiger partial charge in [-0.15, -0.1) is 0 Å². The lowest BCUT2D eigenvalue weighted by molar-refractivity contribution is -0.120. The largest absolute Gasteiger partial charge is 0.352 e. The number of nitrogens with zero attached hydrogens (tertiary/aromatic N) is 1. The summed E-state index contributed by atoms with van der Waals surface area (Å²) in [6.45, 7) is 0.912. The quantitative estimate of drug-likeness (QED) is 0.621. The zero-order chi connectivity index (χ0) is 11.5. The summed E-state index contributed by atoms with van der Waals surface area (Å²) in [7, 11) is -3.09. The Morgan fingerprint density at radius 1 is 1.47 bits per heavy atom. The van der Waals surface area contributed by atoms with E-state index in [9.17, 15) is 13.2 Å². The lowest BCUT2D eigenvalue weighted by Gasteiger charge is -2.30. The molecule has 7 heteroatoms. The van der Waals surface area contributed by atoms with Crippen LogP contribution in [-0.2, 0) is 14.8 Å². The van der Waals surface area contributed by atoms with Crippen molar-refractivity contribution in [2.75, 3.05) is 25.9 Å². The number of amides is 1. The first-order valence-electron chi connectivity index (χ1n) is 4.88. The van der Waals surface area contributed by atoms with Crippen LogP contribution in [0.3, 0.4) is 0 Å². The van der Waals surface area contributed by atoms with E-state index >= 15 is 0 Å². The van der Waals surface area contributed by atoms with Crippen molar-refractivity contribution >= 4 is 15.9 Å². The molecule has 1 fully saturated rings. The summed E-state index contributed by atoms with van der Waals surface area (Å²) in [6, 6.07) is 0.0547. The zero-order valence-electron chi connectivity index (χ0n) is 8.77. The van der Waals surface area contributed by atoms with Crippen LogP contribution in [0.5, 0.6) is 0 Å². The second-order valence-corrected chi connectivity index (χ2v) is 5.69. The molecule has 0 radical (unpaired) electrons. The van der Waals surface area contributed by atoms with Gasteiger partial charge in [0.1, 0.15) is 0 Å². The van der Waals surface area contributed by atoms with E-state index in [0.717, 1.165) is 0 Å². The Balaban J connectivity index is 2.40. The number of hydrogen-bond donors (Lipinski definition) is 2. The fraction of sp³-hybridized carbons (Fsp3) is 0.875. The molecule has 3 N–H and O–H groups in total. The van der Waals surface area contributed by atoms with Crippen LogP contribution in [0.1, 0.15) is 12.8 Å². The second-order valence-electron chi connectivity index (χ2n) is 3.71. The predicted molar refractivity (Wildman–Crippen MR) is 56.6 cm³/mol. The molecule has 0 saturated carbocycles. The molecule has 0 spiro atoms. The molecule has 6 nitrogen and oxygen atoms in total. The lowest BCUT2D eigenvalue weighted by Crippen LogP contribution is -2.47. The molecular weight excluding hydrogens is 218 g/mol. The molecule has 0 aliphatic carbocycles. The van der Waals surface area contributed by atoms with Crippen LogP contribution in [0.25, 0.3) is 0 Å². The van der Waals surface area contributed by atoms with Crippen LogP contribution >= 0.6 is 0 Å². The minimum absolute atomic E-state index is 0.0215. The smallest absolute Gasteiger partial charge is 0.233 e. The van der Waals surface area contributed by atoms with Gasteiger partial charge in [0.05, 0.1) is 12.8 Å². The van der Waals surface area contributed by atoms with Gasteiger partial charge in [-0.3, -0.25) is 4.79 Å². The summed E-state index contributed by atoms with van der Waals surface area (Å²) in [4.78, 5) is 11.0. The number of nitrogens with two attached hydrogens (primary N) is 1. The minimum Gasteiger partial charge on any atom is -0.352 e. The molecule has 88 valence electrons. The van der Waals surface area contributed by atoms with Crippen molar-refractivity contribution in [2.45, 2.75) is 18.9 Å². The van der Waals surface area contributed by atoms with E-state index in [1.54, 1.807) is 0 Å². The van der Waals surface area contributed by atoms with E-state index in [-0.39, 0.29) is 18.5 Å². The molecular formula is C8H17N3O3S. The second kappa shape index (κ2) is 4.91. The molecule has 0 atom stereocenters. The van der Waals surface area contributed by atoms with Gasteiger partial charge in [0.2, 0.25) is 15.9 Å². The molecule has 0 unspecified atom stereocenters. The van der Waals surface area contributed by atoms with Crippen molar-refractivity contribution in [1.29, 1.82) is 0 Å². The van der Waals surface area contributed by atoms with Gasteiger partial charge in [-0.1, -0.05) is 0 Å². The first-order valence-corrected chi connectivity index (χ1v) is 6.73. The van der Waals surface area contributed by atoms with Crippen molar-refractivity contribution in [1.82, 2.24) is 9.62 Å². The molecule has 1 saturated heterocycles. The number of rotatable bonds is 3. The molecule has 1 aliphatic heterocycles. The van der Waals surface area contributed by atoms with Crippen molar-refractivity contribution in [2.24, 2.45) is 5.73 Å². The molecule has 1 aliphatic rings. The zero-order valence-corrected chi connectivity index (χ0v) is 9.59. The van der Waals surface area contributed by atoms with E-state index in [0.29, 0.717) is 25.9 Å². The fourth-order valence-electron chi connectivity index (χ4n) is 1.62. The van der Waals surface area contributed by atoms with Gasteiger partial charge < -0.3 is 11.1 Å². The summed E-state index contributed by atoms with van der Waals surface area (Å²) in [5, 5.41) is 2.76. The van der Waals surface area contributed by atoms with Crippen LogP contribution in [0.2, 0.25) is 0 Å². The minimum atomic E-state index is -3.09. The predicted octanol–water partition coefficient (Wildman–Crippen LogP) is -1.51. The van der Waals surface area contributed by atoms with E-state index in [4.69, 9.17) is 5.73 Å². The Bertz CT molecular complexity index is 320. The highest BCUT2D eigenvalue weighted by atomic mass is 32.2. The van der Waals surface area contributed by atoms with E-state index in [1.807, 2.05) is 0 Å².